The number of hydrogen-bond donors (Lipinski definition) is 0. The Hall–Kier alpha value is -4.75. The summed E-state index contributed by atoms with van der Waals surface area (Å²) in [7, 11) is 0. The van der Waals surface area contributed by atoms with Crippen LogP contribution in [0.4, 0.5) is 5.69 Å². The lowest BCUT2D eigenvalue weighted by Gasteiger charge is -2.38. The van der Waals surface area contributed by atoms with Gasteiger partial charge in [-0.05, 0) is 66.4 Å². The van der Waals surface area contributed by atoms with Crippen molar-refractivity contribution in [1.82, 2.24) is 0 Å². The van der Waals surface area contributed by atoms with Crippen LogP contribution in [0, 0.1) is 0 Å². The second kappa shape index (κ2) is 7.18. The van der Waals surface area contributed by atoms with E-state index in [1.807, 2.05) is 0 Å². The molecule has 38 heavy (non-hydrogen) atoms. The van der Waals surface area contributed by atoms with Gasteiger partial charge in [-0.1, -0.05) is 121 Å². The minimum absolute atomic E-state index is 0.292. The number of hydrogen-bond acceptors (Lipinski definition) is 1. The summed E-state index contributed by atoms with van der Waals surface area (Å²) in [5.41, 5.74) is 9.96. The van der Waals surface area contributed by atoms with Crippen LogP contribution in [0.1, 0.15) is 28.7 Å². The molecule has 1 aliphatic heterocycles. The number of aliphatic imine (C=N–C) groups is 1. The summed E-state index contributed by atoms with van der Waals surface area (Å²) in [5.74, 6) is 0. The Morgan fingerprint density at radius 3 is 1.87 bits per heavy atom. The molecule has 7 aromatic rings. The van der Waals surface area contributed by atoms with Gasteiger partial charge < -0.3 is 0 Å². The molecule has 0 unspecified atom stereocenters. The fourth-order valence-electron chi connectivity index (χ4n) is 7.37. The van der Waals surface area contributed by atoms with Crippen molar-refractivity contribution in [2.24, 2.45) is 4.99 Å². The van der Waals surface area contributed by atoms with Crippen molar-refractivity contribution in [2.45, 2.75) is 11.8 Å². The monoisotopic (exact) mass is 481 g/mol. The molecule has 0 bridgehead atoms. The summed E-state index contributed by atoms with van der Waals surface area (Å²) < 4.78 is 0. The van der Waals surface area contributed by atoms with Gasteiger partial charge in [-0.2, -0.15) is 0 Å². The van der Waals surface area contributed by atoms with Gasteiger partial charge in [-0.3, -0.25) is 4.99 Å². The zero-order valence-electron chi connectivity index (χ0n) is 20.8. The first-order valence-electron chi connectivity index (χ1n) is 13.4. The highest BCUT2D eigenvalue weighted by Crippen LogP contribution is 2.60. The summed E-state index contributed by atoms with van der Waals surface area (Å²) in [5, 5.41) is 7.78. The summed E-state index contributed by atoms with van der Waals surface area (Å²) >= 11 is 0. The van der Waals surface area contributed by atoms with Crippen molar-refractivity contribution in [1.29, 1.82) is 0 Å². The molecule has 1 aliphatic carbocycles. The minimum Gasteiger partial charge on any atom is -0.252 e. The van der Waals surface area contributed by atoms with E-state index in [0.29, 0.717) is 0 Å². The highest BCUT2D eigenvalue weighted by Gasteiger charge is 2.48. The van der Waals surface area contributed by atoms with E-state index >= 15 is 0 Å². The van der Waals surface area contributed by atoms with Crippen LogP contribution in [0.15, 0.2) is 132 Å². The second-order valence-electron chi connectivity index (χ2n) is 10.7. The van der Waals surface area contributed by atoms with Crippen LogP contribution in [0.5, 0.6) is 0 Å². The highest BCUT2D eigenvalue weighted by molar-refractivity contribution is 6.26. The molecule has 0 saturated heterocycles. The molecule has 0 fully saturated rings. The average Bonchev–Trinajstić information content (AvgIpc) is 3.26. The van der Waals surface area contributed by atoms with E-state index in [1.54, 1.807) is 0 Å². The van der Waals surface area contributed by atoms with Crippen molar-refractivity contribution < 1.29 is 0 Å². The van der Waals surface area contributed by atoms with E-state index in [9.17, 15) is 0 Å². The number of fused-ring (bicyclic) bond motifs is 8. The summed E-state index contributed by atoms with van der Waals surface area (Å²) in [6.07, 6.45) is 0.839. The maximum Gasteiger partial charge on any atom is 0.0756 e. The van der Waals surface area contributed by atoms with Crippen molar-refractivity contribution in [2.75, 3.05) is 0 Å². The summed E-state index contributed by atoms with van der Waals surface area (Å²) in [6, 6.07) is 47.0. The van der Waals surface area contributed by atoms with Crippen molar-refractivity contribution >= 4 is 43.7 Å². The van der Waals surface area contributed by atoms with Gasteiger partial charge in [0.2, 0.25) is 0 Å². The lowest BCUT2D eigenvalue weighted by Crippen LogP contribution is -2.33. The predicted molar refractivity (Wildman–Crippen MR) is 159 cm³/mol. The van der Waals surface area contributed by atoms with Gasteiger partial charge in [0.05, 0.1) is 11.1 Å². The SMILES string of the molecule is c1ccc(C2=Nc3c(cc4ccc5cccc6ccc3c4c56)C3(C2)c2ccccc2-c2ccccc23)cc1. The zero-order chi connectivity index (χ0) is 24.8. The van der Waals surface area contributed by atoms with Crippen LogP contribution >= 0.6 is 0 Å². The molecule has 9 rings (SSSR count). The van der Waals surface area contributed by atoms with Crippen LogP contribution < -0.4 is 0 Å². The molecule has 0 atom stereocenters. The minimum atomic E-state index is -0.292. The van der Waals surface area contributed by atoms with Gasteiger partial charge in [0.15, 0.2) is 0 Å². The number of nitrogens with zero attached hydrogens (tertiary/aromatic N) is 1. The van der Waals surface area contributed by atoms with E-state index in [1.165, 1.54) is 65.7 Å². The first-order valence-corrected chi connectivity index (χ1v) is 13.4. The summed E-state index contributed by atoms with van der Waals surface area (Å²) in [4.78, 5) is 5.50. The Morgan fingerprint density at radius 2 is 1.13 bits per heavy atom. The Morgan fingerprint density at radius 1 is 0.500 bits per heavy atom. The molecule has 0 amide bonds. The van der Waals surface area contributed by atoms with Crippen molar-refractivity contribution in [3.05, 3.63) is 150 Å². The standard InChI is InChI=1S/C37H23N/c1-2-9-23(10-3-1)33-22-37(30-15-6-4-13-27(30)28-14-5-7-16-31(28)37)32-21-26-18-17-24-11-8-12-25-19-20-29(36(32)38-33)35(26)34(24)25/h1-21H,22H2. The van der Waals surface area contributed by atoms with E-state index in [4.69, 9.17) is 4.99 Å². The van der Waals surface area contributed by atoms with Gasteiger partial charge in [0.25, 0.3) is 0 Å². The Labute approximate surface area is 221 Å². The topological polar surface area (TPSA) is 12.4 Å². The molecule has 1 nitrogen and oxygen atoms in total. The molecule has 0 aromatic heterocycles. The van der Waals surface area contributed by atoms with Crippen LogP contribution in [-0.2, 0) is 5.41 Å². The Balaban J connectivity index is 1.49. The smallest absolute Gasteiger partial charge is 0.0756 e. The fourth-order valence-corrected chi connectivity index (χ4v) is 7.37. The van der Waals surface area contributed by atoms with Crippen LogP contribution in [0.2, 0.25) is 0 Å². The van der Waals surface area contributed by atoms with E-state index in [-0.39, 0.29) is 5.41 Å². The van der Waals surface area contributed by atoms with Crippen LogP contribution in [-0.4, -0.2) is 5.71 Å². The highest BCUT2D eigenvalue weighted by atomic mass is 14.8. The Bertz CT molecular complexity index is 2040. The first-order chi connectivity index (χ1) is 18.8. The van der Waals surface area contributed by atoms with E-state index in [0.717, 1.165) is 17.8 Å². The number of rotatable bonds is 1. The quantitative estimate of drug-likeness (QED) is 0.207. The molecule has 1 heterocycles. The first kappa shape index (κ1) is 20.3. The molecule has 1 spiro atoms. The van der Waals surface area contributed by atoms with Gasteiger partial charge in [-0.25, -0.2) is 0 Å². The normalized spacial score (nSPS) is 15.1. The van der Waals surface area contributed by atoms with E-state index < -0.39 is 0 Å². The molecule has 0 saturated carbocycles. The van der Waals surface area contributed by atoms with Crippen LogP contribution in [0.3, 0.4) is 0 Å². The van der Waals surface area contributed by atoms with Gasteiger partial charge in [0.1, 0.15) is 0 Å². The van der Waals surface area contributed by atoms with Gasteiger partial charge in [0, 0.05) is 17.5 Å². The molecule has 2 aliphatic rings. The molecule has 176 valence electrons. The molecule has 7 aromatic carbocycles. The zero-order valence-corrected chi connectivity index (χ0v) is 20.8. The lowest BCUT2D eigenvalue weighted by atomic mass is 9.66. The van der Waals surface area contributed by atoms with Crippen LogP contribution in [0.25, 0.3) is 43.4 Å². The predicted octanol–water partition coefficient (Wildman–Crippen LogP) is 9.42. The second-order valence-corrected chi connectivity index (χ2v) is 10.7. The maximum absolute atomic E-state index is 5.50. The fraction of sp³-hybridized carbons (Fsp3) is 0.0541. The molecular formula is C37H23N. The third kappa shape index (κ3) is 2.44. The van der Waals surface area contributed by atoms with E-state index in [2.05, 4.69) is 127 Å². The van der Waals surface area contributed by atoms with Gasteiger partial charge in [-0.15, -0.1) is 0 Å². The molecular weight excluding hydrogens is 458 g/mol. The summed E-state index contributed by atoms with van der Waals surface area (Å²) in [6.45, 7) is 0. The molecule has 0 N–H and O–H groups in total. The maximum atomic E-state index is 5.50. The molecule has 0 radical (unpaired) electrons. The van der Waals surface area contributed by atoms with Gasteiger partial charge >= 0.3 is 0 Å². The average molecular weight is 482 g/mol. The largest absolute Gasteiger partial charge is 0.252 e. The Kier molecular flexibility index (Phi) is 3.84. The third-order valence-electron chi connectivity index (χ3n) is 8.93. The number of benzene rings is 7. The third-order valence-corrected chi connectivity index (χ3v) is 8.93. The lowest BCUT2D eigenvalue weighted by molar-refractivity contribution is 0.658. The van der Waals surface area contributed by atoms with Crippen molar-refractivity contribution in [3.63, 3.8) is 0 Å². The van der Waals surface area contributed by atoms with Crippen molar-refractivity contribution in [3.8, 4) is 11.1 Å². The molecule has 1 heteroatoms.